The van der Waals surface area contributed by atoms with Crippen LogP contribution in [0, 0.1) is 0 Å². The predicted molar refractivity (Wildman–Crippen MR) is 137 cm³/mol. The van der Waals surface area contributed by atoms with Crippen LogP contribution < -0.4 is 27.7 Å². The molecule has 3 aromatic carbocycles. The highest BCUT2D eigenvalue weighted by atomic mass is 32.1. The Hall–Kier alpha value is -4.29. The molecule has 0 fully saturated rings. The standard InChI is InChI=1S/C23H16N6O4S2/c24-18-15(35)8-13(16-17(18)20(31)11-4-2-1-3-10(11)19(16)30)26-12-6-5-9(7-14(12)34)25-21-27-22(32)29-23(33)28-21/h1-8,26,34-35H,24H2,(H3,25,27,28,29,32,33). The SMILES string of the molecule is Nc1c(S)cc(Nc2ccc(Nc3nc(=O)[nH]c(=O)[nH]3)cc2S)c2c1C(=O)c1ccccc1C2=O. The van der Waals surface area contributed by atoms with Crippen molar-refractivity contribution in [1.82, 2.24) is 15.0 Å². The minimum atomic E-state index is -0.794. The van der Waals surface area contributed by atoms with Gasteiger partial charge in [-0.05, 0) is 24.3 Å². The van der Waals surface area contributed by atoms with Gasteiger partial charge in [0.1, 0.15) is 0 Å². The van der Waals surface area contributed by atoms with Crippen LogP contribution in [-0.4, -0.2) is 26.5 Å². The lowest BCUT2D eigenvalue weighted by atomic mass is 9.82. The molecule has 1 aliphatic carbocycles. The van der Waals surface area contributed by atoms with Gasteiger partial charge in [-0.3, -0.25) is 19.6 Å². The zero-order valence-corrected chi connectivity index (χ0v) is 19.5. The molecule has 1 aromatic heterocycles. The van der Waals surface area contributed by atoms with Gasteiger partial charge in [0.25, 0.3) is 0 Å². The number of anilines is 5. The molecule has 0 saturated heterocycles. The molecule has 0 amide bonds. The van der Waals surface area contributed by atoms with E-state index in [1.807, 2.05) is 4.98 Å². The van der Waals surface area contributed by atoms with Crippen molar-refractivity contribution in [2.24, 2.45) is 0 Å². The van der Waals surface area contributed by atoms with Gasteiger partial charge in [0.15, 0.2) is 11.6 Å². The number of nitrogen functional groups attached to an aromatic ring is 1. The van der Waals surface area contributed by atoms with Crippen LogP contribution in [0.1, 0.15) is 31.8 Å². The van der Waals surface area contributed by atoms with Crippen molar-refractivity contribution in [3.05, 3.63) is 91.8 Å². The third-order valence-corrected chi connectivity index (χ3v) is 6.15. The van der Waals surface area contributed by atoms with Crippen LogP contribution in [-0.2, 0) is 0 Å². The van der Waals surface area contributed by atoms with Gasteiger partial charge in [-0.1, -0.05) is 24.3 Å². The quantitative estimate of drug-likeness (QED) is 0.145. The number of ketones is 2. The number of nitrogens with zero attached hydrogens (tertiary/aromatic N) is 1. The van der Waals surface area contributed by atoms with Gasteiger partial charge in [-0.15, -0.1) is 25.3 Å². The largest absolute Gasteiger partial charge is 0.397 e. The van der Waals surface area contributed by atoms with Crippen molar-refractivity contribution in [2.75, 3.05) is 16.4 Å². The van der Waals surface area contributed by atoms with Crippen LogP contribution in [0.5, 0.6) is 0 Å². The van der Waals surface area contributed by atoms with Gasteiger partial charge in [-0.25, -0.2) is 9.59 Å². The molecule has 0 unspecified atom stereocenters. The summed E-state index contributed by atoms with van der Waals surface area (Å²) in [5.41, 5.74) is 7.00. The van der Waals surface area contributed by atoms with E-state index in [1.165, 1.54) is 0 Å². The molecule has 0 spiro atoms. The van der Waals surface area contributed by atoms with E-state index < -0.39 is 11.4 Å². The van der Waals surface area contributed by atoms with Crippen LogP contribution in [0.2, 0.25) is 0 Å². The third kappa shape index (κ3) is 3.98. The lowest BCUT2D eigenvalue weighted by Gasteiger charge is -2.23. The number of hydrogen-bond donors (Lipinski definition) is 7. The maximum absolute atomic E-state index is 13.4. The highest BCUT2D eigenvalue weighted by Gasteiger charge is 2.34. The first-order valence-electron chi connectivity index (χ1n) is 10.1. The van der Waals surface area contributed by atoms with Crippen molar-refractivity contribution >= 4 is 65.5 Å². The summed E-state index contributed by atoms with van der Waals surface area (Å²) in [4.78, 5) is 58.2. The molecule has 10 nitrogen and oxygen atoms in total. The summed E-state index contributed by atoms with van der Waals surface area (Å²) in [7, 11) is 0. The van der Waals surface area contributed by atoms with Crippen molar-refractivity contribution in [1.29, 1.82) is 0 Å². The summed E-state index contributed by atoms with van der Waals surface area (Å²) in [6, 6.07) is 13.1. The number of aromatic amines is 2. The molecule has 12 heteroatoms. The van der Waals surface area contributed by atoms with E-state index in [2.05, 4.69) is 45.9 Å². The second kappa shape index (κ2) is 8.49. The van der Waals surface area contributed by atoms with Crippen molar-refractivity contribution < 1.29 is 9.59 Å². The Bertz CT molecular complexity index is 1650. The average molecular weight is 505 g/mol. The fourth-order valence-corrected chi connectivity index (χ4v) is 4.36. The summed E-state index contributed by atoms with van der Waals surface area (Å²) in [6.45, 7) is 0. The normalized spacial score (nSPS) is 12.2. The molecule has 1 heterocycles. The fourth-order valence-electron chi connectivity index (χ4n) is 3.85. The van der Waals surface area contributed by atoms with E-state index in [4.69, 9.17) is 5.73 Å². The second-order valence-electron chi connectivity index (χ2n) is 7.64. The Labute approximate surface area is 207 Å². The van der Waals surface area contributed by atoms with Gasteiger partial charge < -0.3 is 16.4 Å². The van der Waals surface area contributed by atoms with Crippen LogP contribution in [0.3, 0.4) is 0 Å². The first kappa shape index (κ1) is 22.5. The summed E-state index contributed by atoms with van der Waals surface area (Å²) in [6.07, 6.45) is 0. The maximum Gasteiger partial charge on any atom is 0.352 e. The lowest BCUT2D eigenvalue weighted by Crippen LogP contribution is -2.25. The predicted octanol–water partition coefficient (Wildman–Crippen LogP) is 2.88. The number of carbonyl (C=O) groups excluding carboxylic acids is 2. The minimum Gasteiger partial charge on any atom is -0.397 e. The summed E-state index contributed by atoms with van der Waals surface area (Å²) < 4.78 is 0. The number of fused-ring (bicyclic) bond motifs is 2. The zero-order valence-electron chi connectivity index (χ0n) is 17.7. The average Bonchev–Trinajstić information content (AvgIpc) is 2.80. The van der Waals surface area contributed by atoms with Crippen LogP contribution in [0.4, 0.5) is 28.7 Å². The van der Waals surface area contributed by atoms with Crippen LogP contribution >= 0.6 is 25.3 Å². The van der Waals surface area contributed by atoms with E-state index in [1.54, 1.807) is 48.5 Å². The Morgan fingerprint density at radius 2 is 1.46 bits per heavy atom. The molecule has 5 rings (SSSR count). The van der Waals surface area contributed by atoms with E-state index in [9.17, 15) is 19.2 Å². The third-order valence-electron chi connectivity index (χ3n) is 5.41. The van der Waals surface area contributed by atoms with Crippen LogP contribution in [0.15, 0.2) is 67.9 Å². The summed E-state index contributed by atoms with van der Waals surface area (Å²) in [5, 5.41) is 5.97. The van der Waals surface area contributed by atoms with Gasteiger partial charge in [0, 0.05) is 26.6 Å². The number of aromatic nitrogens is 3. The summed E-state index contributed by atoms with van der Waals surface area (Å²) in [5.74, 6) is -0.722. The number of nitrogens with one attached hydrogen (secondary N) is 4. The van der Waals surface area contributed by atoms with E-state index in [0.29, 0.717) is 38.0 Å². The molecular formula is C23H16N6O4S2. The highest BCUT2D eigenvalue weighted by molar-refractivity contribution is 7.80. The Balaban J connectivity index is 1.53. The maximum atomic E-state index is 13.4. The Kier molecular flexibility index (Phi) is 5.46. The second-order valence-corrected chi connectivity index (χ2v) is 8.60. The molecule has 1 aliphatic rings. The van der Waals surface area contributed by atoms with Gasteiger partial charge in [0.2, 0.25) is 5.95 Å². The van der Waals surface area contributed by atoms with E-state index >= 15 is 0 Å². The number of benzene rings is 3. The molecule has 35 heavy (non-hydrogen) atoms. The molecule has 0 radical (unpaired) electrons. The molecule has 174 valence electrons. The van der Waals surface area contributed by atoms with Crippen LogP contribution in [0.25, 0.3) is 0 Å². The monoisotopic (exact) mass is 504 g/mol. The number of thiol groups is 2. The van der Waals surface area contributed by atoms with E-state index in [0.717, 1.165) is 0 Å². The zero-order chi connectivity index (χ0) is 24.9. The number of hydrogen-bond acceptors (Lipinski definition) is 10. The molecule has 4 aromatic rings. The molecule has 0 aliphatic heterocycles. The van der Waals surface area contributed by atoms with Crippen molar-refractivity contribution in [3.63, 3.8) is 0 Å². The topological polar surface area (TPSA) is 163 Å². The van der Waals surface area contributed by atoms with Gasteiger partial charge in [0.05, 0.1) is 28.2 Å². The van der Waals surface area contributed by atoms with Crippen molar-refractivity contribution in [2.45, 2.75) is 9.79 Å². The lowest BCUT2D eigenvalue weighted by molar-refractivity contribution is 0.0980. The first-order chi connectivity index (χ1) is 16.7. The van der Waals surface area contributed by atoms with E-state index in [-0.39, 0.29) is 34.3 Å². The number of rotatable bonds is 4. The molecule has 0 atom stereocenters. The number of H-pyrrole nitrogens is 2. The van der Waals surface area contributed by atoms with Gasteiger partial charge >= 0.3 is 11.4 Å². The Morgan fingerprint density at radius 3 is 2.11 bits per heavy atom. The first-order valence-corrected chi connectivity index (χ1v) is 11.0. The minimum absolute atomic E-state index is 0.0395. The molecule has 6 N–H and O–H groups in total. The van der Waals surface area contributed by atoms with Crippen molar-refractivity contribution in [3.8, 4) is 0 Å². The molecular weight excluding hydrogens is 488 g/mol. The number of nitrogens with two attached hydrogens (primary N) is 1. The smallest absolute Gasteiger partial charge is 0.352 e. The summed E-state index contributed by atoms with van der Waals surface area (Å²) >= 11 is 8.90. The molecule has 0 bridgehead atoms. The fraction of sp³-hybridized carbons (Fsp3) is 0. The van der Waals surface area contributed by atoms with Gasteiger partial charge in [-0.2, -0.15) is 4.98 Å². The molecule has 0 saturated carbocycles. The highest BCUT2D eigenvalue weighted by Crippen LogP contribution is 2.40. The number of carbonyl (C=O) groups is 2. The Morgan fingerprint density at radius 1 is 0.771 bits per heavy atom.